The van der Waals surface area contributed by atoms with Crippen molar-refractivity contribution in [3.8, 4) is 5.75 Å². The highest BCUT2D eigenvalue weighted by Gasteiger charge is 2.34. The van der Waals surface area contributed by atoms with E-state index in [0.717, 1.165) is 0 Å². The number of amides is 2. The van der Waals surface area contributed by atoms with Crippen LogP contribution in [0.1, 0.15) is 12.1 Å². The van der Waals surface area contributed by atoms with Crippen molar-refractivity contribution < 1.29 is 23.8 Å². The van der Waals surface area contributed by atoms with Gasteiger partial charge in [-0.1, -0.05) is 0 Å². The number of nitrogens with zero attached hydrogens (tertiary/aromatic N) is 2. The molecule has 0 spiro atoms. The van der Waals surface area contributed by atoms with E-state index in [1.165, 1.54) is 24.3 Å². The molecule has 1 fully saturated rings. The second-order valence-electron chi connectivity index (χ2n) is 5.01. The Morgan fingerprint density at radius 1 is 1.59 bits per heavy atom. The molecule has 1 aromatic rings. The fourth-order valence-electron chi connectivity index (χ4n) is 2.48. The summed E-state index contributed by atoms with van der Waals surface area (Å²) in [6, 6.07) is 0.724. The molecule has 2 rings (SSSR count). The number of methoxy groups -OCH3 is 2. The van der Waals surface area contributed by atoms with Gasteiger partial charge >= 0.3 is 6.03 Å². The quantitative estimate of drug-likeness (QED) is 0.828. The van der Waals surface area contributed by atoms with Crippen molar-refractivity contribution in [1.82, 2.24) is 15.2 Å². The van der Waals surface area contributed by atoms with Gasteiger partial charge in [-0.05, 0) is 6.42 Å². The number of aliphatic hydroxyl groups excluding tert-OH is 1. The molecule has 7 nitrogen and oxygen atoms in total. The zero-order chi connectivity index (χ0) is 16.1. The van der Waals surface area contributed by atoms with E-state index in [0.29, 0.717) is 13.0 Å². The van der Waals surface area contributed by atoms with E-state index in [1.807, 2.05) is 0 Å². The number of carbonyl (C=O) groups is 1. The maximum Gasteiger partial charge on any atom is 0.318 e. The first-order chi connectivity index (χ1) is 10.6. The molecule has 0 saturated carbocycles. The smallest absolute Gasteiger partial charge is 0.318 e. The van der Waals surface area contributed by atoms with Gasteiger partial charge in [0.1, 0.15) is 0 Å². The van der Waals surface area contributed by atoms with E-state index in [1.54, 1.807) is 7.11 Å². The number of urea groups is 1. The molecule has 2 atom stereocenters. The minimum atomic E-state index is -0.597. The summed E-state index contributed by atoms with van der Waals surface area (Å²) in [5, 5.41) is 11.9. The maximum atomic E-state index is 13.9. The fraction of sp³-hybridized carbons (Fsp3) is 0.571. The molecule has 0 unspecified atom stereocenters. The summed E-state index contributed by atoms with van der Waals surface area (Å²) >= 11 is 0. The molecule has 1 aromatic heterocycles. The maximum absolute atomic E-state index is 13.9. The molecule has 1 aliphatic rings. The molecule has 8 heteroatoms. The van der Waals surface area contributed by atoms with E-state index < -0.39 is 5.82 Å². The number of aromatic nitrogens is 1. The van der Waals surface area contributed by atoms with E-state index in [4.69, 9.17) is 9.47 Å². The topological polar surface area (TPSA) is 83.9 Å². The first-order valence-electron chi connectivity index (χ1n) is 6.96. The van der Waals surface area contributed by atoms with E-state index in [9.17, 15) is 14.3 Å². The van der Waals surface area contributed by atoms with Gasteiger partial charge in [-0.3, -0.25) is 4.98 Å². The van der Waals surface area contributed by atoms with Gasteiger partial charge in [0.25, 0.3) is 0 Å². The lowest BCUT2D eigenvalue weighted by Crippen LogP contribution is -2.44. The zero-order valence-electron chi connectivity index (χ0n) is 12.6. The summed E-state index contributed by atoms with van der Waals surface area (Å²) in [4.78, 5) is 17.6. The van der Waals surface area contributed by atoms with Crippen LogP contribution in [0.4, 0.5) is 9.18 Å². The minimum absolute atomic E-state index is 0.0613. The normalized spacial score (nSPS) is 21.0. The Kier molecular flexibility index (Phi) is 5.51. The Hall–Kier alpha value is -1.93. The summed E-state index contributed by atoms with van der Waals surface area (Å²) in [6.07, 6.45) is 1.89. The molecular weight excluding hydrogens is 293 g/mol. The Balaban J connectivity index is 1.98. The Labute approximate surface area is 128 Å². The molecule has 0 aromatic carbocycles. The average Bonchev–Trinajstić information content (AvgIpc) is 2.97. The molecule has 0 radical (unpaired) electrons. The third kappa shape index (κ3) is 3.45. The van der Waals surface area contributed by atoms with Gasteiger partial charge in [0.05, 0.1) is 38.1 Å². The van der Waals surface area contributed by atoms with Crippen LogP contribution in [0.3, 0.4) is 0 Å². The molecule has 1 saturated heterocycles. The molecule has 2 N–H and O–H groups in total. The van der Waals surface area contributed by atoms with Gasteiger partial charge < -0.3 is 24.8 Å². The van der Waals surface area contributed by atoms with E-state index >= 15 is 0 Å². The van der Waals surface area contributed by atoms with Crippen LogP contribution >= 0.6 is 0 Å². The number of rotatable bonds is 5. The van der Waals surface area contributed by atoms with Crippen molar-refractivity contribution in [3.05, 3.63) is 23.8 Å². The molecule has 22 heavy (non-hydrogen) atoms. The van der Waals surface area contributed by atoms with Crippen molar-refractivity contribution in [2.75, 3.05) is 27.4 Å². The molecule has 0 aliphatic carbocycles. The average molecular weight is 313 g/mol. The monoisotopic (exact) mass is 313 g/mol. The highest BCUT2D eigenvalue weighted by molar-refractivity contribution is 5.75. The third-order valence-electron chi connectivity index (χ3n) is 3.73. The molecule has 2 amide bonds. The van der Waals surface area contributed by atoms with Crippen molar-refractivity contribution >= 4 is 6.03 Å². The second kappa shape index (κ2) is 7.37. The number of hydrogen-bond donors (Lipinski definition) is 2. The summed E-state index contributed by atoms with van der Waals surface area (Å²) in [6.45, 7) is 0.189. The van der Waals surface area contributed by atoms with Crippen LogP contribution in [0.15, 0.2) is 12.3 Å². The highest BCUT2D eigenvalue weighted by atomic mass is 19.1. The van der Waals surface area contributed by atoms with Crippen LogP contribution in [-0.2, 0) is 11.3 Å². The number of carbonyl (C=O) groups excluding carboxylic acids is 1. The SMILES string of the molecule is COc1ccnc(CNC(=O)N2C[C@H](OC)C[C@H]2CO)c1F. The molecule has 1 aliphatic heterocycles. The van der Waals surface area contributed by atoms with Gasteiger partial charge in [0, 0.05) is 25.9 Å². The number of pyridine rings is 1. The summed E-state index contributed by atoms with van der Waals surface area (Å²) in [5.74, 6) is -0.520. The molecule has 2 heterocycles. The fourth-order valence-corrected chi connectivity index (χ4v) is 2.48. The first-order valence-corrected chi connectivity index (χ1v) is 6.96. The standard InChI is InChI=1S/C14H20FN3O4/c1-21-10-5-9(8-19)18(7-10)14(20)17-6-11-13(15)12(22-2)3-4-16-11/h3-4,9-10,19H,5-8H2,1-2H3,(H,17,20)/t9-,10+/m0/s1. The lowest BCUT2D eigenvalue weighted by Gasteiger charge is -2.23. The minimum Gasteiger partial charge on any atom is -0.494 e. The van der Waals surface area contributed by atoms with Crippen molar-refractivity contribution in [2.24, 2.45) is 0 Å². The van der Waals surface area contributed by atoms with Crippen LogP contribution in [0.2, 0.25) is 0 Å². The Morgan fingerprint density at radius 2 is 2.36 bits per heavy atom. The summed E-state index contributed by atoms with van der Waals surface area (Å²) < 4.78 is 24.0. The van der Waals surface area contributed by atoms with Crippen LogP contribution in [0.5, 0.6) is 5.75 Å². The van der Waals surface area contributed by atoms with Crippen LogP contribution in [0.25, 0.3) is 0 Å². The Bertz CT molecular complexity index is 529. The molecular formula is C14H20FN3O4. The van der Waals surface area contributed by atoms with Gasteiger partial charge in [-0.2, -0.15) is 0 Å². The number of ether oxygens (including phenoxy) is 2. The van der Waals surface area contributed by atoms with Crippen molar-refractivity contribution in [1.29, 1.82) is 0 Å². The highest BCUT2D eigenvalue weighted by Crippen LogP contribution is 2.20. The van der Waals surface area contributed by atoms with Crippen LogP contribution < -0.4 is 10.1 Å². The van der Waals surface area contributed by atoms with Crippen molar-refractivity contribution in [3.63, 3.8) is 0 Å². The first kappa shape index (κ1) is 16.4. The number of nitrogens with one attached hydrogen (secondary N) is 1. The van der Waals surface area contributed by atoms with Gasteiger partial charge in [0.15, 0.2) is 11.6 Å². The number of halogens is 1. The summed E-state index contributed by atoms with van der Waals surface area (Å²) in [7, 11) is 2.93. The number of likely N-dealkylation sites (tertiary alicyclic amines) is 1. The van der Waals surface area contributed by atoms with E-state index in [-0.39, 0.29) is 42.8 Å². The lowest BCUT2D eigenvalue weighted by atomic mass is 10.2. The number of hydrogen-bond acceptors (Lipinski definition) is 5. The predicted molar refractivity (Wildman–Crippen MR) is 76.0 cm³/mol. The second-order valence-corrected chi connectivity index (χ2v) is 5.01. The van der Waals surface area contributed by atoms with E-state index in [2.05, 4.69) is 10.3 Å². The largest absolute Gasteiger partial charge is 0.494 e. The summed E-state index contributed by atoms with van der Waals surface area (Å²) in [5.41, 5.74) is 0.0933. The van der Waals surface area contributed by atoms with Gasteiger partial charge in [-0.25, -0.2) is 9.18 Å². The van der Waals surface area contributed by atoms with Gasteiger partial charge in [0.2, 0.25) is 0 Å². The predicted octanol–water partition coefficient (Wildman–Crippen LogP) is 0.520. The Morgan fingerprint density at radius 3 is 3.00 bits per heavy atom. The lowest BCUT2D eigenvalue weighted by molar-refractivity contribution is 0.110. The number of aliphatic hydroxyl groups is 1. The third-order valence-corrected chi connectivity index (χ3v) is 3.73. The van der Waals surface area contributed by atoms with Crippen LogP contribution in [-0.4, -0.2) is 60.5 Å². The van der Waals surface area contributed by atoms with Gasteiger partial charge in [-0.15, -0.1) is 0 Å². The van der Waals surface area contributed by atoms with Crippen LogP contribution in [0, 0.1) is 5.82 Å². The molecule has 122 valence electrons. The zero-order valence-corrected chi connectivity index (χ0v) is 12.6. The molecule has 0 bridgehead atoms. The van der Waals surface area contributed by atoms with Crippen molar-refractivity contribution in [2.45, 2.75) is 25.1 Å².